The summed E-state index contributed by atoms with van der Waals surface area (Å²) < 4.78 is 17.5. The standard InChI is InChI=1S/C9H10Cl2O6/c1-6(10)3-14-8(12)16-5-17-9(13)15-4-7(2)11/h1-5H2. The van der Waals surface area contributed by atoms with Crippen molar-refractivity contribution in [3.05, 3.63) is 23.2 Å². The monoisotopic (exact) mass is 284 g/mol. The van der Waals surface area contributed by atoms with Gasteiger partial charge in [0.15, 0.2) is 0 Å². The minimum atomic E-state index is -1.05. The molecule has 0 atom stereocenters. The van der Waals surface area contributed by atoms with Crippen molar-refractivity contribution in [3.8, 4) is 0 Å². The van der Waals surface area contributed by atoms with E-state index in [1.165, 1.54) is 0 Å². The zero-order chi connectivity index (χ0) is 13.3. The lowest BCUT2D eigenvalue weighted by molar-refractivity contribution is -0.0341. The van der Waals surface area contributed by atoms with Crippen LogP contribution in [0, 0.1) is 0 Å². The van der Waals surface area contributed by atoms with E-state index in [1.54, 1.807) is 0 Å². The number of ether oxygens (including phenoxy) is 4. The Morgan fingerprint density at radius 2 is 1.18 bits per heavy atom. The molecule has 0 spiro atoms. The van der Waals surface area contributed by atoms with Crippen LogP contribution in [-0.2, 0) is 18.9 Å². The average Bonchev–Trinajstić information content (AvgIpc) is 2.23. The molecule has 0 aromatic heterocycles. The van der Waals surface area contributed by atoms with E-state index in [9.17, 15) is 9.59 Å². The Labute approximate surface area is 108 Å². The minimum absolute atomic E-state index is 0.128. The molecule has 96 valence electrons. The number of rotatable bonds is 6. The van der Waals surface area contributed by atoms with Crippen LogP contribution in [0.25, 0.3) is 0 Å². The Morgan fingerprint density at radius 3 is 1.47 bits per heavy atom. The van der Waals surface area contributed by atoms with Gasteiger partial charge in [0.1, 0.15) is 13.2 Å². The van der Waals surface area contributed by atoms with Crippen LogP contribution < -0.4 is 0 Å². The summed E-state index contributed by atoms with van der Waals surface area (Å²) in [6.45, 7) is 5.52. The molecule has 0 radical (unpaired) electrons. The fraction of sp³-hybridized carbons (Fsp3) is 0.333. The lowest BCUT2D eigenvalue weighted by Crippen LogP contribution is -2.15. The molecule has 17 heavy (non-hydrogen) atoms. The summed E-state index contributed by atoms with van der Waals surface area (Å²) in [5.41, 5.74) is 0. The van der Waals surface area contributed by atoms with Gasteiger partial charge >= 0.3 is 12.3 Å². The van der Waals surface area contributed by atoms with Crippen molar-refractivity contribution in [3.63, 3.8) is 0 Å². The molecule has 0 fully saturated rings. The van der Waals surface area contributed by atoms with Crippen LogP contribution in [0.4, 0.5) is 9.59 Å². The second-order valence-electron chi connectivity index (χ2n) is 2.52. The average molecular weight is 285 g/mol. The van der Waals surface area contributed by atoms with Crippen molar-refractivity contribution in [2.45, 2.75) is 0 Å². The van der Waals surface area contributed by atoms with Crippen molar-refractivity contribution in [1.29, 1.82) is 0 Å². The van der Waals surface area contributed by atoms with E-state index in [-0.39, 0.29) is 23.3 Å². The molecular formula is C9H10Cl2O6. The van der Waals surface area contributed by atoms with E-state index in [2.05, 4.69) is 32.1 Å². The Hall–Kier alpha value is -1.40. The van der Waals surface area contributed by atoms with Gasteiger partial charge in [0.05, 0.1) is 0 Å². The van der Waals surface area contributed by atoms with Crippen molar-refractivity contribution in [1.82, 2.24) is 0 Å². The van der Waals surface area contributed by atoms with E-state index >= 15 is 0 Å². The van der Waals surface area contributed by atoms with E-state index in [0.29, 0.717) is 0 Å². The van der Waals surface area contributed by atoms with Gasteiger partial charge in [-0.1, -0.05) is 36.4 Å². The van der Waals surface area contributed by atoms with Crippen molar-refractivity contribution >= 4 is 35.5 Å². The molecule has 0 aliphatic carbocycles. The summed E-state index contributed by atoms with van der Waals surface area (Å²) in [4.78, 5) is 21.6. The third-order valence-electron chi connectivity index (χ3n) is 1.05. The predicted molar refractivity (Wildman–Crippen MR) is 59.7 cm³/mol. The summed E-state index contributed by atoms with van der Waals surface area (Å²) in [6, 6.07) is 0. The van der Waals surface area contributed by atoms with Gasteiger partial charge in [0.2, 0.25) is 6.79 Å². The Kier molecular flexibility index (Phi) is 8.00. The lowest BCUT2D eigenvalue weighted by atomic mass is 10.7. The third kappa shape index (κ3) is 10.9. The maximum absolute atomic E-state index is 10.8. The second kappa shape index (κ2) is 8.72. The van der Waals surface area contributed by atoms with Crippen molar-refractivity contribution in [2.75, 3.05) is 20.0 Å². The zero-order valence-corrected chi connectivity index (χ0v) is 10.3. The topological polar surface area (TPSA) is 71.1 Å². The molecule has 0 heterocycles. The largest absolute Gasteiger partial charge is 0.511 e. The smallest absolute Gasteiger partial charge is 0.428 e. The van der Waals surface area contributed by atoms with Crippen LogP contribution in [0.5, 0.6) is 0 Å². The Balaban J connectivity index is 3.55. The molecule has 0 aromatic rings. The van der Waals surface area contributed by atoms with Crippen LogP contribution in [0.3, 0.4) is 0 Å². The van der Waals surface area contributed by atoms with Crippen LogP contribution in [0.15, 0.2) is 23.2 Å². The molecule has 6 nitrogen and oxygen atoms in total. The number of hydrogen-bond donors (Lipinski definition) is 0. The van der Waals surface area contributed by atoms with Crippen LogP contribution >= 0.6 is 23.2 Å². The SMILES string of the molecule is C=C(Cl)COC(=O)OCOC(=O)OCC(=C)Cl. The van der Waals surface area contributed by atoms with Crippen LogP contribution in [0.2, 0.25) is 0 Å². The summed E-state index contributed by atoms with van der Waals surface area (Å²) >= 11 is 10.6. The molecule has 0 saturated carbocycles. The maximum Gasteiger partial charge on any atom is 0.511 e. The predicted octanol–water partition coefficient (Wildman–Crippen LogP) is 2.76. The van der Waals surface area contributed by atoms with Gasteiger partial charge in [0, 0.05) is 10.1 Å². The molecule has 0 saturated heterocycles. The van der Waals surface area contributed by atoms with E-state index in [0.717, 1.165) is 0 Å². The zero-order valence-electron chi connectivity index (χ0n) is 8.74. The normalized spacial score (nSPS) is 9.06. The maximum atomic E-state index is 10.8. The summed E-state index contributed by atoms with van der Waals surface area (Å²) in [5, 5.41) is 0.255. The first-order valence-corrected chi connectivity index (χ1v) is 4.93. The van der Waals surface area contributed by atoms with E-state index < -0.39 is 19.1 Å². The van der Waals surface area contributed by atoms with Crippen molar-refractivity contribution in [2.24, 2.45) is 0 Å². The van der Waals surface area contributed by atoms with Gasteiger partial charge < -0.3 is 18.9 Å². The van der Waals surface area contributed by atoms with Gasteiger partial charge in [-0.2, -0.15) is 0 Å². The molecule has 0 amide bonds. The van der Waals surface area contributed by atoms with Gasteiger partial charge in [-0.25, -0.2) is 9.59 Å². The van der Waals surface area contributed by atoms with Crippen molar-refractivity contribution < 1.29 is 28.5 Å². The van der Waals surface area contributed by atoms with Gasteiger partial charge in [-0.15, -0.1) is 0 Å². The molecule has 0 rings (SSSR count). The Bertz CT molecular complexity index is 285. The molecule has 0 unspecified atom stereocenters. The van der Waals surface area contributed by atoms with Gasteiger partial charge in [0.25, 0.3) is 0 Å². The highest BCUT2D eigenvalue weighted by atomic mass is 35.5. The Morgan fingerprint density at radius 1 is 0.824 bits per heavy atom. The molecule has 0 N–H and O–H groups in total. The molecular weight excluding hydrogens is 275 g/mol. The second-order valence-corrected chi connectivity index (χ2v) is 3.59. The molecule has 0 bridgehead atoms. The van der Waals surface area contributed by atoms with Crippen LogP contribution in [0.1, 0.15) is 0 Å². The number of hydrogen-bond acceptors (Lipinski definition) is 6. The summed E-state index contributed by atoms with van der Waals surface area (Å²) in [7, 11) is 0. The quantitative estimate of drug-likeness (QED) is 0.552. The fourth-order valence-electron chi connectivity index (χ4n) is 0.483. The number of carbonyl (C=O) groups is 2. The first kappa shape index (κ1) is 15.6. The molecule has 0 aliphatic rings. The van der Waals surface area contributed by atoms with E-state index in [1.807, 2.05) is 0 Å². The summed E-state index contributed by atoms with van der Waals surface area (Å²) in [6.07, 6.45) is -2.11. The number of halogens is 2. The minimum Gasteiger partial charge on any atom is -0.428 e. The first-order chi connectivity index (χ1) is 7.91. The first-order valence-electron chi connectivity index (χ1n) is 4.17. The molecule has 0 aliphatic heterocycles. The lowest BCUT2D eigenvalue weighted by Gasteiger charge is -2.06. The van der Waals surface area contributed by atoms with Gasteiger partial charge in [-0.3, -0.25) is 0 Å². The molecule has 0 aromatic carbocycles. The third-order valence-corrected chi connectivity index (χ3v) is 1.27. The van der Waals surface area contributed by atoms with Gasteiger partial charge in [-0.05, 0) is 0 Å². The number of carbonyl (C=O) groups excluding carboxylic acids is 2. The summed E-state index contributed by atoms with van der Waals surface area (Å²) in [5.74, 6) is 0. The highest BCUT2D eigenvalue weighted by molar-refractivity contribution is 6.29. The van der Waals surface area contributed by atoms with E-state index in [4.69, 9.17) is 23.2 Å². The highest BCUT2D eigenvalue weighted by Gasteiger charge is 2.08. The fourth-order valence-corrected chi connectivity index (χ4v) is 0.593. The van der Waals surface area contributed by atoms with Crippen LogP contribution in [-0.4, -0.2) is 32.3 Å². The molecule has 8 heteroatoms. The highest BCUT2D eigenvalue weighted by Crippen LogP contribution is 2.00.